The molecular formula is C27H28N4O4. The smallest absolute Gasteiger partial charge is 0.258 e. The summed E-state index contributed by atoms with van der Waals surface area (Å²) in [6.45, 7) is 0.253. The third-order valence-corrected chi connectivity index (χ3v) is 5.81. The van der Waals surface area contributed by atoms with Crippen molar-refractivity contribution in [2.24, 2.45) is 0 Å². The normalized spacial score (nSPS) is 13.5. The zero-order valence-electron chi connectivity index (χ0n) is 20.1. The zero-order chi connectivity index (χ0) is 24.9. The Morgan fingerprint density at radius 2 is 1.63 bits per heavy atom. The van der Waals surface area contributed by atoms with Crippen LogP contribution in [0.1, 0.15) is 11.1 Å². The van der Waals surface area contributed by atoms with E-state index in [0.717, 1.165) is 16.9 Å². The summed E-state index contributed by atoms with van der Waals surface area (Å²) in [6.07, 6.45) is 0. The molecule has 0 fully saturated rings. The van der Waals surface area contributed by atoms with Crippen molar-refractivity contribution in [3.05, 3.63) is 77.9 Å². The molecule has 0 saturated carbocycles. The number of rotatable bonds is 8. The van der Waals surface area contributed by atoms with Gasteiger partial charge in [0.1, 0.15) is 0 Å². The average Bonchev–Trinajstić information content (AvgIpc) is 3.21. The summed E-state index contributed by atoms with van der Waals surface area (Å²) >= 11 is 0. The van der Waals surface area contributed by atoms with Crippen molar-refractivity contribution in [1.29, 1.82) is 0 Å². The maximum absolute atomic E-state index is 13.2. The van der Waals surface area contributed by atoms with Crippen LogP contribution in [-0.4, -0.2) is 46.7 Å². The number of carbonyl (C=O) groups is 2. The van der Waals surface area contributed by atoms with Crippen molar-refractivity contribution in [1.82, 2.24) is 5.32 Å². The number of fused-ring (bicyclic) bond motifs is 1. The van der Waals surface area contributed by atoms with Crippen molar-refractivity contribution < 1.29 is 19.1 Å². The van der Waals surface area contributed by atoms with Gasteiger partial charge in [0, 0.05) is 30.1 Å². The molecule has 0 atom stereocenters. The Hall–Kier alpha value is -4.30. The molecule has 180 valence electrons. The molecule has 0 unspecified atom stereocenters. The van der Waals surface area contributed by atoms with E-state index in [9.17, 15) is 9.59 Å². The van der Waals surface area contributed by atoms with Crippen LogP contribution in [0.4, 0.5) is 17.1 Å². The van der Waals surface area contributed by atoms with E-state index < -0.39 is 0 Å². The van der Waals surface area contributed by atoms with Crippen molar-refractivity contribution in [3.63, 3.8) is 0 Å². The van der Waals surface area contributed by atoms with Crippen LogP contribution in [0.5, 0.6) is 11.5 Å². The standard InChI is InChI=1S/C27H28N4O4/c1-28-16-24(32)31(2)19-12-10-18(11-13-19)29-26(17-8-6-5-7-9-17)25-20-14-22(34-3)23(35-4)15-21(20)30-27(25)33/h5-15,28-29H,16H2,1-4H3,(H,30,33). The highest BCUT2D eigenvalue weighted by Gasteiger charge is 2.30. The van der Waals surface area contributed by atoms with Crippen molar-refractivity contribution in [2.75, 3.05) is 50.4 Å². The molecule has 8 nitrogen and oxygen atoms in total. The van der Waals surface area contributed by atoms with Gasteiger partial charge in [0.25, 0.3) is 5.91 Å². The Labute approximate surface area is 204 Å². The number of anilines is 3. The average molecular weight is 473 g/mol. The molecule has 0 aromatic heterocycles. The monoisotopic (exact) mass is 472 g/mol. The van der Waals surface area contributed by atoms with Gasteiger partial charge in [-0.2, -0.15) is 0 Å². The quantitative estimate of drug-likeness (QED) is 0.432. The van der Waals surface area contributed by atoms with Crippen LogP contribution in [0, 0.1) is 0 Å². The Morgan fingerprint density at radius 3 is 2.26 bits per heavy atom. The number of amides is 2. The third kappa shape index (κ3) is 4.83. The second-order valence-corrected chi connectivity index (χ2v) is 7.98. The van der Waals surface area contributed by atoms with Crippen LogP contribution < -0.4 is 30.3 Å². The fraction of sp³-hybridized carbons (Fsp3) is 0.185. The van der Waals surface area contributed by atoms with E-state index >= 15 is 0 Å². The van der Waals surface area contributed by atoms with Crippen molar-refractivity contribution >= 4 is 40.1 Å². The summed E-state index contributed by atoms with van der Waals surface area (Å²) < 4.78 is 10.9. The van der Waals surface area contributed by atoms with Gasteiger partial charge in [-0.1, -0.05) is 30.3 Å². The molecular weight excluding hydrogens is 444 g/mol. The molecule has 1 heterocycles. The minimum absolute atomic E-state index is 0.0380. The van der Waals surface area contributed by atoms with E-state index in [1.165, 1.54) is 0 Å². The van der Waals surface area contributed by atoms with Gasteiger partial charge < -0.3 is 30.3 Å². The molecule has 3 aromatic rings. The lowest BCUT2D eigenvalue weighted by Gasteiger charge is -2.19. The number of likely N-dealkylation sites (N-methyl/N-ethyl adjacent to an activating group) is 2. The zero-order valence-corrected chi connectivity index (χ0v) is 20.1. The van der Waals surface area contributed by atoms with E-state index in [1.54, 1.807) is 45.3 Å². The maximum Gasteiger partial charge on any atom is 0.258 e. The Bertz CT molecular complexity index is 1270. The number of nitrogens with one attached hydrogen (secondary N) is 3. The van der Waals surface area contributed by atoms with Gasteiger partial charge in [-0.25, -0.2) is 0 Å². The van der Waals surface area contributed by atoms with E-state index in [4.69, 9.17) is 9.47 Å². The van der Waals surface area contributed by atoms with Crippen LogP contribution in [-0.2, 0) is 9.59 Å². The third-order valence-electron chi connectivity index (χ3n) is 5.81. The van der Waals surface area contributed by atoms with Gasteiger partial charge in [-0.3, -0.25) is 9.59 Å². The highest BCUT2D eigenvalue weighted by Crippen LogP contribution is 2.43. The minimum atomic E-state index is -0.226. The number of methoxy groups -OCH3 is 2. The fourth-order valence-electron chi connectivity index (χ4n) is 3.95. The first-order valence-electron chi connectivity index (χ1n) is 11.1. The van der Waals surface area contributed by atoms with Gasteiger partial charge >= 0.3 is 0 Å². The highest BCUT2D eigenvalue weighted by molar-refractivity contribution is 6.37. The van der Waals surface area contributed by atoms with E-state index in [0.29, 0.717) is 34.0 Å². The number of hydrogen-bond acceptors (Lipinski definition) is 6. The van der Waals surface area contributed by atoms with Gasteiger partial charge in [0.05, 0.1) is 37.7 Å². The van der Waals surface area contributed by atoms with Crippen LogP contribution in [0.15, 0.2) is 66.7 Å². The summed E-state index contributed by atoms with van der Waals surface area (Å²) in [5.41, 5.74) is 4.91. The summed E-state index contributed by atoms with van der Waals surface area (Å²) in [6, 6.07) is 20.7. The predicted molar refractivity (Wildman–Crippen MR) is 139 cm³/mol. The van der Waals surface area contributed by atoms with Crippen LogP contribution >= 0.6 is 0 Å². The largest absolute Gasteiger partial charge is 0.493 e. The molecule has 2 amide bonds. The lowest BCUT2D eigenvalue weighted by molar-refractivity contribution is -0.117. The maximum atomic E-state index is 13.2. The number of benzene rings is 3. The molecule has 0 radical (unpaired) electrons. The van der Waals surface area contributed by atoms with E-state index in [2.05, 4.69) is 16.0 Å². The molecule has 0 spiro atoms. The Balaban J connectivity index is 1.77. The summed E-state index contributed by atoms with van der Waals surface area (Å²) in [5.74, 6) is 0.806. The molecule has 4 rings (SSSR count). The summed E-state index contributed by atoms with van der Waals surface area (Å²) in [5, 5.41) is 9.23. The molecule has 0 bridgehead atoms. The fourth-order valence-corrected chi connectivity index (χ4v) is 3.95. The highest BCUT2D eigenvalue weighted by atomic mass is 16.5. The summed E-state index contributed by atoms with van der Waals surface area (Å²) in [4.78, 5) is 27.0. The van der Waals surface area contributed by atoms with Crippen molar-refractivity contribution in [2.45, 2.75) is 0 Å². The molecule has 0 saturated heterocycles. The SMILES string of the molecule is CNCC(=O)N(C)c1ccc(NC(=C2C(=O)Nc3cc(OC)c(OC)cc32)c2ccccc2)cc1. The first-order valence-corrected chi connectivity index (χ1v) is 11.1. The number of carbonyl (C=O) groups excluding carboxylic acids is 2. The van der Waals surface area contributed by atoms with Crippen LogP contribution in [0.2, 0.25) is 0 Å². The first kappa shape index (κ1) is 23.8. The second kappa shape index (κ2) is 10.3. The first-order chi connectivity index (χ1) is 17.0. The molecule has 3 aromatic carbocycles. The van der Waals surface area contributed by atoms with Crippen LogP contribution in [0.25, 0.3) is 11.3 Å². The number of hydrogen-bond donors (Lipinski definition) is 3. The van der Waals surface area contributed by atoms with Gasteiger partial charge in [-0.15, -0.1) is 0 Å². The molecule has 8 heteroatoms. The van der Waals surface area contributed by atoms with Gasteiger partial charge in [0.2, 0.25) is 5.91 Å². The van der Waals surface area contributed by atoms with Crippen molar-refractivity contribution in [3.8, 4) is 11.5 Å². The molecule has 35 heavy (non-hydrogen) atoms. The second-order valence-electron chi connectivity index (χ2n) is 7.98. The predicted octanol–water partition coefficient (Wildman–Crippen LogP) is 3.82. The summed E-state index contributed by atoms with van der Waals surface area (Å²) in [7, 11) is 6.59. The van der Waals surface area contributed by atoms with Gasteiger partial charge in [-0.05, 0) is 42.9 Å². The number of nitrogens with zero attached hydrogens (tertiary/aromatic N) is 1. The van der Waals surface area contributed by atoms with E-state index in [1.807, 2.05) is 54.6 Å². The number of ether oxygens (including phenoxy) is 2. The molecule has 0 aliphatic carbocycles. The lowest BCUT2D eigenvalue weighted by Crippen LogP contribution is -2.34. The Kier molecular flexibility index (Phi) is 7.03. The van der Waals surface area contributed by atoms with E-state index in [-0.39, 0.29) is 18.4 Å². The molecule has 1 aliphatic heterocycles. The van der Waals surface area contributed by atoms with Crippen LogP contribution in [0.3, 0.4) is 0 Å². The van der Waals surface area contributed by atoms with Gasteiger partial charge in [0.15, 0.2) is 11.5 Å². The lowest BCUT2D eigenvalue weighted by atomic mass is 9.99. The topological polar surface area (TPSA) is 91.9 Å². The Morgan fingerprint density at radius 1 is 0.971 bits per heavy atom. The molecule has 3 N–H and O–H groups in total. The minimum Gasteiger partial charge on any atom is -0.493 e. The molecule has 1 aliphatic rings.